The third-order valence-corrected chi connectivity index (χ3v) is 4.43. The number of nitrogens with zero attached hydrogens (tertiary/aromatic N) is 1. The monoisotopic (exact) mass is 255 g/mol. The number of rotatable bonds is 3. The van der Waals surface area contributed by atoms with Crippen LogP contribution in [0.3, 0.4) is 0 Å². The summed E-state index contributed by atoms with van der Waals surface area (Å²) in [6, 6.07) is 5.44. The molecule has 0 amide bonds. The van der Waals surface area contributed by atoms with Gasteiger partial charge >= 0.3 is 0 Å². The molecule has 4 heteroatoms. The quantitative estimate of drug-likeness (QED) is 0.898. The highest BCUT2D eigenvalue weighted by Crippen LogP contribution is 2.32. The van der Waals surface area contributed by atoms with Gasteiger partial charge in [0.15, 0.2) is 0 Å². The fraction of sp³-hybridized carbons (Fsp3) is 0.538. The summed E-state index contributed by atoms with van der Waals surface area (Å²) in [6.07, 6.45) is 0.347. The minimum Gasteiger partial charge on any atom is -0.389 e. The molecule has 1 saturated heterocycles. The van der Waals surface area contributed by atoms with E-state index in [1.807, 2.05) is 24.9 Å². The maximum absolute atomic E-state index is 13.8. The predicted molar refractivity (Wildman–Crippen MR) is 71.2 cm³/mol. The van der Waals surface area contributed by atoms with Gasteiger partial charge in [0, 0.05) is 30.1 Å². The molecule has 1 heterocycles. The maximum Gasteiger partial charge on any atom is 0.131 e. The van der Waals surface area contributed by atoms with Crippen molar-refractivity contribution in [3.63, 3.8) is 0 Å². The van der Waals surface area contributed by atoms with Crippen molar-refractivity contribution in [3.8, 4) is 0 Å². The summed E-state index contributed by atoms with van der Waals surface area (Å²) < 4.78 is 13.8. The summed E-state index contributed by atoms with van der Waals surface area (Å²) in [5.74, 6) is 1.91. The van der Waals surface area contributed by atoms with Crippen LogP contribution in [0.25, 0.3) is 0 Å². The SMILES string of the molecule is CC(O)c1c(F)cccc1N(C)C1CCSC1. The largest absolute Gasteiger partial charge is 0.389 e. The summed E-state index contributed by atoms with van der Waals surface area (Å²) in [5, 5.41) is 9.71. The summed E-state index contributed by atoms with van der Waals surface area (Å²) in [6.45, 7) is 1.61. The Hall–Kier alpha value is -0.740. The molecule has 0 aliphatic carbocycles. The molecule has 2 atom stereocenters. The van der Waals surface area contributed by atoms with E-state index in [-0.39, 0.29) is 5.82 Å². The fourth-order valence-corrected chi connectivity index (χ4v) is 3.54. The molecule has 94 valence electrons. The lowest BCUT2D eigenvalue weighted by molar-refractivity contribution is 0.194. The summed E-state index contributed by atoms with van der Waals surface area (Å²) in [7, 11) is 1.98. The number of thioether (sulfide) groups is 1. The normalized spacial score (nSPS) is 21.5. The molecule has 17 heavy (non-hydrogen) atoms. The second-order valence-corrected chi connectivity index (χ2v) is 5.63. The molecule has 1 fully saturated rings. The Kier molecular flexibility index (Phi) is 3.94. The number of halogens is 1. The van der Waals surface area contributed by atoms with Gasteiger partial charge in [0.2, 0.25) is 0 Å². The van der Waals surface area contributed by atoms with Crippen LogP contribution >= 0.6 is 11.8 Å². The molecule has 0 bridgehead atoms. The Morgan fingerprint density at radius 3 is 2.88 bits per heavy atom. The minimum atomic E-state index is -0.775. The fourth-order valence-electron chi connectivity index (χ4n) is 2.27. The van der Waals surface area contributed by atoms with Gasteiger partial charge in [0.25, 0.3) is 0 Å². The van der Waals surface area contributed by atoms with Crippen molar-refractivity contribution >= 4 is 17.4 Å². The second-order valence-electron chi connectivity index (χ2n) is 4.48. The van der Waals surface area contributed by atoms with Crippen molar-refractivity contribution < 1.29 is 9.50 Å². The Morgan fingerprint density at radius 2 is 2.29 bits per heavy atom. The standard InChI is InChI=1S/C13H18FNOS/c1-9(16)13-11(14)4-3-5-12(13)15(2)10-6-7-17-8-10/h3-5,9-10,16H,6-8H2,1-2H3. The van der Waals surface area contributed by atoms with Crippen LogP contribution in [0.5, 0.6) is 0 Å². The number of aliphatic hydroxyl groups excluding tert-OH is 1. The molecular formula is C13H18FNOS. The first-order valence-electron chi connectivity index (χ1n) is 5.88. The third-order valence-electron chi connectivity index (χ3n) is 3.28. The summed E-state index contributed by atoms with van der Waals surface area (Å²) in [4.78, 5) is 2.10. The van der Waals surface area contributed by atoms with E-state index in [0.29, 0.717) is 11.6 Å². The van der Waals surface area contributed by atoms with Gasteiger partial charge in [-0.3, -0.25) is 0 Å². The van der Waals surface area contributed by atoms with Crippen molar-refractivity contribution in [2.24, 2.45) is 0 Å². The van der Waals surface area contributed by atoms with E-state index >= 15 is 0 Å². The topological polar surface area (TPSA) is 23.5 Å². The first-order valence-corrected chi connectivity index (χ1v) is 7.03. The van der Waals surface area contributed by atoms with E-state index in [1.165, 1.54) is 6.07 Å². The number of hydrogen-bond donors (Lipinski definition) is 1. The van der Waals surface area contributed by atoms with Gasteiger partial charge in [-0.25, -0.2) is 4.39 Å². The summed E-state index contributed by atoms with van der Waals surface area (Å²) in [5.41, 5.74) is 1.22. The average molecular weight is 255 g/mol. The van der Waals surface area contributed by atoms with E-state index in [1.54, 1.807) is 13.0 Å². The first-order chi connectivity index (χ1) is 8.11. The van der Waals surface area contributed by atoms with Crippen LogP contribution in [0.4, 0.5) is 10.1 Å². The Balaban J connectivity index is 2.33. The van der Waals surface area contributed by atoms with Crippen LogP contribution in [0.2, 0.25) is 0 Å². The van der Waals surface area contributed by atoms with Gasteiger partial charge in [-0.05, 0) is 31.2 Å². The van der Waals surface area contributed by atoms with Crippen LogP contribution in [0, 0.1) is 5.82 Å². The molecule has 1 aromatic rings. The number of aliphatic hydroxyl groups is 1. The van der Waals surface area contributed by atoms with Gasteiger partial charge in [-0.1, -0.05) is 6.07 Å². The lowest BCUT2D eigenvalue weighted by Crippen LogP contribution is -2.32. The van der Waals surface area contributed by atoms with Gasteiger partial charge in [-0.2, -0.15) is 11.8 Å². The molecule has 0 radical (unpaired) electrons. The predicted octanol–water partition coefficient (Wildman–Crippen LogP) is 2.82. The smallest absolute Gasteiger partial charge is 0.131 e. The Morgan fingerprint density at radius 1 is 1.53 bits per heavy atom. The van der Waals surface area contributed by atoms with Gasteiger partial charge in [0.1, 0.15) is 5.82 Å². The molecule has 1 aliphatic rings. The van der Waals surface area contributed by atoms with Crippen LogP contribution in [-0.4, -0.2) is 29.7 Å². The Labute approximate surface area is 106 Å². The highest BCUT2D eigenvalue weighted by atomic mass is 32.2. The van der Waals surface area contributed by atoms with Crippen molar-refractivity contribution in [1.82, 2.24) is 0 Å². The van der Waals surface area contributed by atoms with E-state index in [9.17, 15) is 9.50 Å². The molecule has 1 N–H and O–H groups in total. The highest BCUT2D eigenvalue weighted by Gasteiger charge is 2.24. The van der Waals surface area contributed by atoms with E-state index < -0.39 is 6.10 Å². The Bertz CT molecular complexity index is 391. The molecule has 2 rings (SSSR count). The van der Waals surface area contributed by atoms with Crippen LogP contribution in [0.1, 0.15) is 25.0 Å². The number of anilines is 1. The zero-order valence-electron chi connectivity index (χ0n) is 10.2. The van der Waals surface area contributed by atoms with Crippen molar-refractivity contribution in [2.45, 2.75) is 25.5 Å². The van der Waals surface area contributed by atoms with E-state index in [2.05, 4.69) is 4.90 Å². The molecule has 2 nitrogen and oxygen atoms in total. The molecule has 1 aromatic carbocycles. The van der Waals surface area contributed by atoms with Crippen molar-refractivity contribution in [1.29, 1.82) is 0 Å². The van der Waals surface area contributed by atoms with E-state index in [0.717, 1.165) is 23.6 Å². The zero-order valence-corrected chi connectivity index (χ0v) is 11.0. The molecule has 0 aromatic heterocycles. The molecular weight excluding hydrogens is 237 g/mol. The van der Waals surface area contributed by atoms with Crippen molar-refractivity contribution in [3.05, 3.63) is 29.6 Å². The van der Waals surface area contributed by atoms with Gasteiger partial charge in [0.05, 0.1) is 6.10 Å². The van der Waals surface area contributed by atoms with Crippen molar-refractivity contribution in [2.75, 3.05) is 23.5 Å². The molecule has 0 spiro atoms. The lowest BCUT2D eigenvalue weighted by atomic mass is 10.1. The van der Waals surface area contributed by atoms with E-state index in [4.69, 9.17) is 0 Å². The first kappa shape index (κ1) is 12.7. The zero-order chi connectivity index (χ0) is 12.4. The minimum absolute atomic E-state index is 0.324. The van der Waals surface area contributed by atoms with Gasteiger partial charge in [-0.15, -0.1) is 0 Å². The highest BCUT2D eigenvalue weighted by molar-refractivity contribution is 7.99. The molecule has 0 saturated carbocycles. The molecule has 1 aliphatic heterocycles. The molecule has 2 unspecified atom stereocenters. The van der Waals surface area contributed by atoms with Crippen LogP contribution in [-0.2, 0) is 0 Å². The summed E-state index contributed by atoms with van der Waals surface area (Å²) >= 11 is 1.93. The number of benzene rings is 1. The van der Waals surface area contributed by atoms with Gasteiger partial charge < -0.3 is 10.0 Å². The second kappa shape index (κ2) is 5.27. The maximum atomic E-state index is 13.8. The number of hydrogen-bond acceptors (Lipinski definition) is 3. The lowest BCUT2D eigenvalue weighted by Gasteiger charge is -2.29. The van der Waals surface area contributed by atoms with Crippen LogP contribution < -0.4 is 4.90 Å². The third kappa shape index (κ3) is 2.58. The van der Waals surface area contributed by atoms with Crippen LogP contribution in [0.15, 0.2) is 18.2 Å². The average Bonchev–Trinajstić information content (AvgIpc) is 2.80.